The number of aromatic nitrogens is 2. The van der Waals surface area contributed by atoms with Crippen molar-refractivity contribution in [3.05, 3.63) is 35.5 Å². The quantitative estimate of drug-likeness (QED) is 0.800. The van der Waals surface area contributed by atoms with E-state index in [1.807, 2.05) is 0 Å². The molecule has 102 valence electrons. The van der Waals surface area contributed by atoms with Gasteiger partial charge in [-0.1, -0.05) is 11.2 Å². The second-order valence-corrected chi connectivity index (χ2v) is 5.84. The largest absolute Gasteiger partial charge is 0.398 e. The highest BCUT2D eigenvalue weighted by molar-refractivity contribution is 7.89. The van der Waals surface area contributed by atoms with Crippen molar-refractivity contribution in [1.29, 1.82) is 0 Å². The fourth-order valence-electron chi connectivity index (χ4n) is 1.44. The van der Waals surface area contributed by atoms with Gasteiger partial charge in [0.15, 0.2) is 5.82 Å². The van der Waals surface area contributed by atoms with Crippen LogP contribution in [-0.2, 0) is 16.6 Å². The number of anilines is 1. The van der Waals surface area contributed by atoms with E-state index < -0.39 is 10.0 Å². The normalized spacial score (nSPS) is 11.7. The Morgan fingerprint density at radius 3 is 2.68 bits per heavy atom. The van der Waals surface area contributed by atoms with Crippen LogP contribution in [0.4, 0.5) is 5.69 Å². The standard InChI is InChI=1S/C11H14N4O3S/c1-7-3-4-9(5-10(7)12)19(16,17)13-6-11-14-8(2)18-15-11/h3-5,13H,6,12H2,1-2H3. The van der Waals surface area contributed by atoms with Crippen LogP contribution < -0.4 is 10.5 Å². The minimum atomic E-state index is -3.64. The Hall–Kier alpha value is -1.93. The van der Waals surface area contributed by atoms with E-state index >= 15 is 0 Å². The summed E-state index contributed by atoms with van der Waals surface area (Å²) in [7, 11) is -3.64. The van der Waals surface area contributed by atoms with Crippen molar-refractivity contribution in [2.45, 2.75) is 25.3 Å². The molecule has 1 heterocycles. The third-order valence-corrected chi connectivity index (χ3v) is 3.95. The Balaban J connectivity index is 2.16. The molecule has 1 aromatic heterocycles. The van der Waals surface area contributed by atoms with Crippen molar-refractivity contribution in [2.24, 2.45) is 0 Å². The molecule has 7 nitrogen and oxygen atoms in total. The van der Waals surface area contributed by atoms with E-state index in [1.165, 1.54) is 12.1 Å². The number of nitrogens with two attached hydrogens (primary N) is 1. The molecule has 8 heteroatoms. The van der Waals surface area contributed by atoms with Crippen LogP contribution in [0.2, 0.25) is 0 Å². The summed E-state index contributed by atoms with van der Waals surface area (Å²) < 4.78 is 31.2. The predicted molar refractivity (Wildman–Crippen MR) is 68.7 cm³/mol. The smallest absolute Gasteiger partial charge is 0.241 e. The highest BCUT2D eigenvalue weighted by atomic mass is 32.2. The fourth-order valence-corrected chi connectivity index (χ4v) is 2.46. The Morgan fingerprint density at radius 1 is 1.37 bits per heavy atom. The van der Waals surface area contributed by atoms with Crippen molar-refractivity contribution < 1.29 is 12.9 Å². The van der Waals surface area contributed by atoms with Gasteiger partial charge in [-0.2, -0.15) is 4.98 Å². The molecule has 0 unspecified atom stereocenters. The van der Waals surface area contributed by atoms with Crippen molar-refractivity contribution in [1.82, 2.24) is 14.9 Å². The monoisotopic (exact) mass is 282 g/mol. The van der Waals surface area contributed by atoms with Crippen molar-refractivity contribution in [3.8, 4) is 0 Å². The molecule has 2 aromatic rings. The highest BCUT2D eigenvalue weighted by Gasteiger charge is 2.15. The molecule has 0 atom stereocenters. The maximum atomic E-state index is 12.0. The molecule has 0 aliphatic heterocycles. The molecule has 0 saturated heterocycles. The predicted octanol–water partition coefficient (Wildman–Crippen LogP) is 0.747. The molecule has 0 radical (unpaired) electrons. The van der Waals surface area contributed by atoms with Gasteiger partial charge in [-0.05, 0) is 24.6 Å². The average Bonchev–Trinajstić information content (AvgIpc) is 2.76. The van der Waals surface area contributed by atoms with Crippen LogP contribution in [0.15, 0.2) is 27.6 Å². The van der Waals surface area contributed by atoms with Gasteiger partial charge in [0.2, 0.25) is 15.9 Å². The van der Waals surface area contributed by atoms with Gasteiger partial charge < -0.3 is 10.3 Å². The summed E-state index contributed by atoms with van der Waals surface area (Å²) in [6.45, 7) is 3.40. The third-order valence-electron chi connectivity index (χ3n) is 2.55. The zero-order valence-corrected chi connectivity index (χ0v) is 11.4. The number of sulfonamides is 1. The summed E-state index contributed by atoms with van der Waals surface area (Å²) in [5.41, 5.74) is 6.95. The molecule has 2 rings (SSSR count). The summed E-state index contributed by atoms with van der Waals surface area (Å²) in [5.74, 6) is 0.662. The average molecular weight is 282 g/mol. The van der Waals surface area contributed by atoms with Crippen molar-refractivity contribution >= 4 is 15.7 Å². The van der Waals surface area contributed by atoms with Gasteiger partial charge in [-0.3, -0.25) is 0 Å². The van der Waals surface area contributed by atoms with Crippen LogP contribution in [0.25, 0.3) is 0 Å². The first kappa shape index (κ1) is 13.5. The van der Waals surface area contributed by atoms with Gasteiger partial charge in [0.25, 0.3) is 0 Å². The Bertz CT molecular complexity index is 694. The minimum absolute atomic E-state index is 0.0343. The van der Waals surface area contributed by atoms with E-state index in [4.69, 9.17) is 10.3 Å². The molecule has 0 saturated carbocycles. The molecule has 0 bridgehead atoms. The third kappa shape index (κ3) is 3.09. The minimum Gasteiger partial charge on any atom is -0.398 e. The van der Waals surface area contributed by atoms with Crippen molar-refractivity contribution in [2.75, 3.05) is 5.73 Å². The number of nitrogen functional groups attached to an aromatic ring is 1. The topological polar surface area (TPSA) is 111 Å². The van der Waals surface area contributed by atoms with E-state index in [2.05, 4.69) is 14.9 Å². The lowest BCUT2D eigenvalue weighted by Crippen LogP contribution is -2.24. The summed E-state index contributed by atoms with van der Waals surface area (Å²) in [6, 6.07) is 4.57. The molecule has 0 aliphatic rings. The van der Waals surface area contributed by atoms with Gasteiger partial charge in [-0.15, -0.1) is 0 Å². The lowest BCUT2D eigenvalue weighted by atomic mass is 10.2. The maximum Gasteiger partial charge on any atom is 0.241 e. The number of nitrogens with zero attached hydrogens (tertiary/aromatic N) is 2. The molecule has 3 N–H and O–H groups in total. The van der Waals surface area contributed by atoms with E-state index in [9.17, 15) is 8.42 Å². The van der Waals surface area contributed by atoms with Crippen LogP contribution in [-0.4, -0.2) is 18.6 Å². The van der Waals surface area contributed by atoms with E-state index in [0.717, 1.165) is 5.56 Å². The number of nitrogens with one attached hydrogen (secondary N) is 1. The van der Waals surface area contributed by atoms with Crippen LogP contribution in [0, 0.1) is 13.8 Å². The molecule has 1 aromatic carbocycles. The number of hydrogen-bond donors (Lipinski definition) is 2. The Morgan fingerprint density at radius 2 is 2.11 bits per heavy atom. The van der Waals surface area contributed by atoms with E-state index in [-0.39, 0.29) is 17.3 Å². The van der Waals surface area contributed by atoms with Crippen LogP contribution in [0.5, 0.6) is 0 Å². The second kappa shape index (κ2) is 4.98. The molecular weight excluding hydrogens is 268 g/mol. The Kier molecular flexibility index (Phi) is 3.54. The van der Waals surface area contributed by atoms with Gasteiger partial charge in [0, 0.05) is 12.6 Å². The molecule has 0 amide bonds. The zero-order chi connectivity index (χ0) is 14.0. The molecule has 19 heavy (non-hydrogen) atoms. The van der Waals surface area contributed by atoms with Crippen LogP contribution in [0.1, 0.15) is 17.3 Å². The molecule has 0 aliphatic carbocycles. The van der Waals surface area contributed by atoms with Gasteiger partial charge >= 0.3 is 0 Å². The summed E-state index contributed by atoms with van der Waals surface area (Å²) in [5, 5.41) is 3.61. The van der Waals surface area contributed by atoms with Gasteiger partial charge in [0.05, 0.1) is 11.4 Å². The number of hydrogen-bond acceptors (Lipinski definition) is 6. The SMILES string of the molecule is Cc1nc(CNS(=O)(=O)c2ccc(C)c(N)c2)no1. The molecule has 0 fully saturated rings. The maximum absolute atomic E-state index is 12.0. The van der Waals surface area contributed by atoms with Gasteiger partial charge in [-0.25, -0.2) is 13.1 Å². The van der Waals surface area contributed by atoms with E-state index in [0.29, 0.717) is 11.6 Å². The number of benzene rings is 1. The number of rotatable bonds is 4. The lowest BCUT2D eigenvalue weighted by molar-refractivity contribution is 0.387. The fraction of sp³-hybridized carbons (Fsp3) is 0.273. The highest BCUT2D eigenvalue weighted by Crippen LogP contribution is 2.17. The van der Waals surface area contributed by atoms with Crippen molar-refractivity contribution in [3.63, 3.8) is 0 Å². The van der Waals surface area contributed by atoms with Crippen LogP contribution >= 0.6 is 0 Å². The van der Waals surface area contributed by atoms with Crippen LogP contribution in [0.3, 0.4) is 0 Å². The summed E-state index contributed by atoms with van der Waals surface area (Å²) in [4.78, 5) is 4.02. The summed E-state index contributed by atoms with van der Waals surface area (Å²) >= 11 is 0. The lowest BCUT2D eigenvalue weighted by Gasteiger charge is -2.07. The first-order chi connectivity index (χ1) is 8.88. The molecular formula is C11H14N4O3S. The number of aryl methyl sites for hydroxylation is 2. The summed E-state index contributed by atoms with van der Waals surface area (Å²) in [6.07, 6.45) is 0. The van der Waals surface area contributed by atoms with E-state index in [1.54, 1.807) is 19.9 Å². The zero-order valence-electron chi connectivity index (χ0n) is 10.5. The van der Waals surface area contributed by atoms with Gasteiger partial charge in [0.1, 0.15) is 0 Å². The second-order valence-electron chi connectivity index (χ2n) is 4.07. The Labute approximate surface area is 110 Å². The first-order valence-corrected chi connectivity index (χ1v) is 7.02. The first-order valence-electron chi connectivity index (χ1n) is 5.53. The molecule has 0 spiro atoms.